The molecule has 1 aliphatic rings. The van der Waals surface area contributed by atoms with E-state index in [2.05, 4.69) is 10.2 Å². The summed E-state index contributed by atoms with van der Waals surface area (Å²) in [6, 6.07) is 6.70. The maximum Gasteiger partial charge on any atom is 0.292 e. The summed E-state index contributed by atoms with van der Waals surface area (Å²) in [6.45, 7) is 3.55. The third-order valence-corrected chi connectivity index (χ3v) is 3.62. The minimum Gasteiger partial charge on any atom is -0.393 e. The molecule has 0 spiro atoms. The Balaban J connectivity index is 1.72. The van der Waals surface area contributed by atoms with Crippen LogP contribution in [0.25, 0.3) is 0 Å². The standard InChI is InChI=1S/C14H21N3O3/c18-12-6-10-16(11-7-12)9-3-8-15-13-4-1-2-5-14(13)17(19)20/h1-2,4-5,12,15,18H,3,6-11H2. The van der Waals surface area contributed by atoms with Crippen LogP contribution in [0.2, 0.25) is 0 Å². The zero-order valence-corrected chi connectivity index (χ0v) is 11.5. The van der Waals surface area contributed by atoms with Crippen molar-refractivity contribution in [3.05, 3.63) is 34.4 Å². The first-order valence-corrected chi connectivity index (χ1v) is 7.04. The van der Waals surface area contributed by atoms with Gasteiger partial charge in [0.05, 0.1) is 11.0 Å². The molecule has 20 heavy (non-hydrogen) atoms. The van der Waals surface area contributed by atoms with Gasteiger partial charge in [-0.15, -0.1) is 0 Å². The Morgan fingerprint density at radius 2 is 2.05 bits per heavy atom. The number of nitrogens with one attached hydrogen (secondary N) is 1. The first-order valence-electron chi connectivity index (χ1n) is 7.04. The highest BCUT2D eigenvalue weighted by Gasteiger charge is 2.16. The molecule has 6 nitrogen and oxygen atoms in total. The molecule has 2 rings (SSSR count). The van der Waals surface area contributed by atoms with Gasteiger partial charge >= 0.3 is 0 Å². The van der Waals surface area contributed by atoms with E-state index in [1.54, 1.807) is 18.2 Å². The summed E-state index contributed by atoms with van der Waals surface area (Å²) in [4.78, 5) is 12.8. The average Bonchev–Trinajstić information content (AvgIpc) is 2.46. The largest absolute Gasteiger partial charge is 0.393 e. The predicted molar refractivity (Wildman–Crippen MR) is 77.9 cm³/mol. The summed E-state index contributed by atoms with van der Waals surface area (Å²) in [5.41, 5.74) is 0.695. The van der Waals surface area contributed by atoms with Crippen molar-refractivity contribution in [3.63, 3.8) is 0 Å². The van der Waals surface area contributed by atoms with Gasteiger partial charge in [0.25, 0.3) is 5.69 Å². The average molecular weight is 279 g/mol. The Hall–Kier alpha value is -1.66. The summed E-state index contributed by atoms with van der Waals surface area (Å²) in [5, 5.41) is 23.4. The molecular weight excluding hydrogens is 258 g/mol. The van der Waals surface area contributed by atoms with Crippen LogP contribution >= 0.6 is 0 Å². The van der Waals surface area contributed by atoms with Gasteiger partial charge in [-0.25, -0.2) is 0 Å². The molecule has 1 fully saturated rings. The van der Waals surface area contributed by atoms with E-state index < -0.39 is 0 Å². The normalized spacial score (nSPS) is 17.1. The summed E-state index contributed by atoms with van der Waals surface area (Å²) in [7, 11) is 0. The van der Waals surface area contributed by atoms with Gasteiger partial charge in [-0.05, 0) is 31.9 Å². The van der Waals surface area contributed by atoms with Crippen molar-refractivity contribution >= 4 is 11.4 Å². The van der Waals surface area contributed by atoms with Crippen LogP contribution in [0.1, 0.15) is 19.3 Å². The zero-order valence-electron chi connectivity index (χ0n) is 11.5. The number of piperidine rings is 1. The Bertz CT molecular complexity index is 445. The monoisotopic (exact) mass is 279 g/mol. The molecule has 0 amide bonds. The van der Waals surface area contributed by atoms with Gasteiger partial charge in [0.1, 0.15) is 5.69 Å². The summed E-state index contributed by atoms with van der Waals surface area (Å²) in [5.74, 6) is 0. The third kappa shape index (κ3) is 4.18. The second-order valence-electron chi connectivity index (χ2n) is 5.13. The number of aliphatic hydroxyl groups is 1. The molecule has 6 heteroatoms. The van der Waals surface area contributed by atoms with Gasteiger partial charge < -0.3 is 15.3 Å². The smallest absolute Gasteiger partial charge is 0.292 e. The summed E-state index contributed by atoms with van der Waals surface area (Å²) < 4.78 is 0. The molecule has 0 bridgehead atoms. The lowest BCUT2D eigenvalue weighted by Crippen LogP contribution is -2.36. The molecular formula is C14H21N3O3. The fraction of sp³-hybridized carbons (Fsp3) is 0.571. The van der Waals surface area contributed by atoms with Gasteiger partial charge in [-0.2, -0.15) is 0 Å². The molecule has 1 aromatic carbocycles. The first kappa shape index (κ1) is 14.7. The molecule has 2 N–H and O–H groups in total. The van der Waals surface area contributed by atoms with Crippen LogP contribution in [0.5, 0.6) is 0 Å². The van der Waals surface area contributed by atoms with E-state index >= 15 is 0 Å². The minimum absolute atomic E-state index is 0.119. The van der Waals surface area contributed by atoms with E-state index in [4.69, 9.17) is 0 Å². The van der Waals surface area contributed by atoms with Gasteiger partial charge in [0.15, 0.2) is 0 Å². The molecule has 0 radical (unpaired) electrons. The maximum absolute atomic E-state index is 10.9. The predicted octanol–water partition coefficient (Wildman–Crippen LogP) is 1.85. The molecule has 0 saturated carbocycles. The van der Waals surface area contributed by atoms with Crippen LogP contribution in [-0.2, 0) is 0 Å². The van der Waals surface area contributed by atoms with Crippen molar-refractivity contribution < 1.29 is 10.0 Å². The number of nitrogens with zero attached hydrogens (tertiary/aromatic N) is 2. The topological polar surface area (TPSA) is 78.6 Å². The Morgan fingerprint density at radius 1 is 1.35 bits per heavy atom. The van der Waals surface area contributed by atoms with Crippen LogP contribution in [0.4, 0.5) is 11.4 Å². The van der Waals surface area contributed by atoms with Gasteiger partial charge in [-0.3, -0.25) is 10.1 Å². The van der Waals surface area contributed by atoms with E-state index in [1.807, 2.05) is 0 Å². The van der Waals surface area contributed by atoms with Crippen molar-refractivity contribution in [2.24, 2.45) is 0 Å². The molecule has 0 atom stereocenters. The number of nitro benzene ring substituents is 1. The van der Waals surface area contributed by atoms with Crippen molar-refractivity contribution in [1.29, 1.82) is 0 Å². The number of nitro groups is 1. The highest BCUT2D eigenvalue weighted by atomic mass is 16.6. The fourth-order valence-corrected chi connectivity index (χ4v) is 2.45. The van der Waals surface area contributed by atoms with Crippen molar-refractivity contribution in [1.82, 2.24) is 4.90 Å². The highest BCUT2D eigenvalue weighted by molar-refractivity contribution is 5.60. The fourth-order valence-electron chi connectivity index (χ4n) is 2.45. The van der Waals surface area contributed by atoms with E-state index in [9.17, 15) is 15.2 Å². The number of para-hydroxylation sites is 2. The molecule has 1 aromatic rings. The van der Waals surface area contributed by atoms with Crippen molar-refractivity contribution in [2.75, 3.05) is 31.5 Å². The number of anilines is 1. The molecule has 110 valence electrons. The lowest BCUT2D eigenvalue weighted by atomic mass is 10.1. The molecule has 1 heterocycles. The molecule has 1 saturated heterocycles. The van der Waals surface area contributed by atoms with Crippen LogP contribution in [0.15, 0.2) is 24.3 Å². The first-order chi connectivity index (χ1) is 9.66. The summed E-state index contributed by atoms with van der Waals surface area (Å²) >= 11 is 0. The number of aliphatic hydroxyl groups excluding tert-OH is 1. The number of hydrogen-bond donors (Lipinski definition) is 2. The maximum atomic E-state index is 10.9. The second-order valence-corrected chi connectivity index (χ2v) is 5.13. The van der Waals surface area contributed by atoms with E-state index in [0.717, 1.165) is 38.9 Å². The minimum atomic E-state index is -0.367. The zero-order chi connectivity index (χ0) is 14.4. The van der Waals surface area contributed by atoms with Crippen LogP contribution in [-0.4, -0.2) is 47.2 Å². The van der Waals surface area contributed by atoms with Crippen LogP contribution in [0, 0.1) is 10.1 Å². The lowest BCUT2D eigenvalue weighted by molar-refractivity contribution is -0.384. The Morgan fingerprint density at radius 3 is 2.75 bits per heavy atom. The van der Waals surface area contributed by atoms with E-state index in [0.29, 0.717) is 12.2 Å². The van der Waals surface area contributed by atoms with Crippen LogP contribution in [0.3, 0.4) is 0 Å². The quantitative estimate of drug-likeness (QED) is 0.472. The molecule has 0 aromatic heterocycles. The lowest BCUT2D eigenvalue weighted by Gasteiger charge is -2.29. The SMILES string of the molecule is O=[N+]([O-])c1ccccc1NCCCN1CCC(O)CC1. The Labute approximate surface area is 118 Å². The van der Waals surface area contributed by atoms with E-state index in [1.165, 1.54) is 6.07 Å². The number of rotatable bonds is 6. The highest BCUT2D eigenvalue weighted by Crippen LogP contribution is 2.22. The Kier molecular flexibility index (Phi) is 5.31. The van der Waals surface area contributed by atoms with Gasteiger partial charge in [-0.1, -0.05) is 12.1 Å². The van der Waals surface area contributed by atoms with Gasteiger partial charge in [0.2, 0.25) is 0 Å². The third-order valence-electron chi connectivity index (χ3n) is 3.62. The van der Waals surface area contributed by atoms with Crippen LogP contribution < -0.4 is 5.32 Å². The molecule has 0 unspecified atom stereocenters. The number of benzene rings is 1. The molecule has 0 aliphatic carbocycles. The second kappa shape index (κ2) is 7.21. The number of likely N-dealkylation sites (tertiary alicyclic amines) is 1. The van der Waals surface area contributed by atoms with Crippen molar-refractivity contribution in [3.8, 4) is 0 Å². The summed E-state index contributed by atoms with van der Waals surface area (Å²) in [6.07, 6.45) is 2.48. The van der Waals surface area contributed by atoms with Gasteiger partial charge in [0, 0.05) is 25.7 Å². The van der Waals surface area contributed by atoms with E-state index in [-0.39, 0.29) is 16.7 Å². The molecule has 1 aliphatic heterocycles. The van der Waals surface area contributed by atoms with Crippen molar-refractivity contribution in [2.45, 2.75) is 25.4 Å². The number of hydrogen-bond acceptors (Lipinski definition) is 5.